The quantitative estimate of drug-likeness (QED) is 0.482. The molecule has 1 aromatic carbocycles. The van der Waals surface area contributed by atoms with E-state index in [0.717, 1.165) is 6.54 Å². The molecule has 0 unspecified atom stereocenters. The van der Waals surface area contributed by atoms with Crippen LogP contribution in [0.2, 0.25) is 0 Å². The van der Waals surface area contributed by atoms with Crippen LogP contribution >= 0.6 is 0 Å². The second kappa shape index (κ2) is 13.7. The van der Waals surface area contributed by atoms with Crippen LogP contribution in [0.25, 0.3) is 0 Å². The van der Waals surface area contributed by atoms with Crippen LogP contribution in [0.4, 0.5) is 0 Å². The molecule has 1 rings (SSSR count). The Kier molecular flexibility index (Phi) is 15.2. The van der Waals surface area contributed by atoms with Gasteiger partial charge in [0, 0.05) is 0 Å². The average Bonchev–Trinajstić information content (AvgIpc) is 2.66. The van der Waals surface area contributed by atoms with Crippen molar-refractivity contribution in [3.8, 4) is 0 Å². The second-order valence-electron chi connectivity index (χ2n) is 5.81. The predicted molar refractivity (Wildman–Crippen MR) is 92.6 cm³/mol. The molecule has 0 saturated carbocycles. The van der Waals surface area contributed by atoms with Gasteiger partial charge in [0.25, 0.3) is 0 Å². The van der Waals surface area contributed by atoms with Gasteiger partial charge in [-0.05, 0) is 25.9 Å². The minimum atomic E-state index is 0. The van der Waals surface area contributed by atoms with Crippen molar-refractivity contribution in [1.82, 2.24) is 4.90 Å². The molecule has 0 fully saturated rings. The van der Waals surface area contributed by atoms with Crippen LogP contribution in [0, 0.1) is 34.6 Å². The topological polar surface area (TPSA) is 3.24 Å². The van der Waals surface area contributed by atoms with Crippen molar-refractivity contribution in [3.63, 3.8) is 0 Å². The van der Waals surface area contributed by atoms with E-state index in [2.05, 4.69) is 59.4 Å². The monoisotopic (exact) mass is 325 g/mol. The van der Waals surface area contributed by atoms with E-state index in [0.29, 0.717) is 0 Å². The van der Waals surface area contributed by atoms with Gasteiger partial charge in [0.1, 0.15) is 0 Å². The van der Waals surface area contributed by atoms with Crippen LogP contribution in [0.15, 0.2) is 6.07 Å². The molecule has 1 nitrogen and oxygen atoms in total. The Morgan fingerprint density at radius 3 is 1.43 bits per heavy atom. The summed E-state index contributed by atoms with van der Waals surface area (Å²) in [5.74, 6) is 0. The van der Waals surface area contributed by atoms with Crippen LogP contribution in [-0.4, -0.2) is 24.5 Å². The molecule has 0 bridgehead atoms. The summed E-state index contributed by atoms with van der Waals surface area (Å²) in [6, 6.07) is 2.24. The van der Waals surface area contributed by atoms with Gasteiger partial charge in [-0.2, -0.15) is 28.3 Å². The van der Waals surface area contributed by atoms with E-state index >= 15 is 0 Å². The summed E-state index contributed by atoms with van der Waals surface area (Å²) in [5, 5.41) is 0. The third-order valence-corrected chi connectivity index (χ3v) is 4.15. The van der Waals surface area contributed by atoms with Gasteiger partial charge in [0.15, 0.2) is 0 Å². The fourth-order valence-electron chi connectivity index (χ4n) is 2.23. The number of hydrogen-bond acceptors (Lipinski definition) is 1. The first-order valence-electron chi connectivity index (χ1n) is 8.19. The molecule has 21 heavy (non-hydrogen) atoms. The van der Waals surface area contributed by atoms with E-state index in [-0.39, 0.29) is 21.7 Å². The molecular weight excluding hydrogens is 290 g/mol. The van der Waals surface area contributed by atoms with Crippen molar-refractivity contribution in [1.29, 1.82) is 0 Å². The third-order valence-electron chi connectivity index (χ3n) is 4.15. The zero-order valence-corrected chi connectivity index (χ0v) is 16.7. The molecule has 0 amide bonds. The molecule has 0 aliphatic rings. The maximum atomic E-state index is 3.92. The maximum Gasteiger partial charge on any atom is 3.00 e. The van der Waals surface area contributed by atoms with Crippen molar-refractivity contribution in [2.75, 3.05) is 19.6 Å². The molecule has 119 valence electrons. The van der Waals surface area contributed by atoms with Gasteiger partial charge in [0.05, 0.1) is 0 Å². The minimum absolute atomic E-state index is 0. The maximum absolute atomic E-state index is 3.92. The van der Waals surface area contributed by atoms with Crippen LogP contribution in [0.1, 0.15) is 61.8 Å². The molecule has 1 radical (unpaired) electrons. The standard InChI is InChI=1S/C10H22N.C9H13.Ti/c1-4-7-9-11(6-3)10-8-5-2;1-6-5-7(2)9(4)8(6)3;/h3-10H2,1-2H3;5H,1-4H3;/q2*-1;+3. The minimum Gasteiger partial charge on any atom is -0.333 e. The Morgan fingerprint density at radius 2 is 1.24 bits per heavy atom. The van der Waals surface area contributed by atoms with Crippen molar-refractivity contribution >= 4 is 0 Å². The largest absolute Gasteiger partial charge is 3.00 e. The normalized spacial score (nSPS) is 10.1. The van der Waals surface area contributed by atoms with Gasteiger partial charge in [-0.3, -0.25) is 0 Å². The van der Waals surface area contributed by atoms with Gasteiger partial charge < -0.3 is 11.8 Å². The molecule has 1 aromatic rings. The summed E-state index contributed by atoms with van der Waals surface area (Å²) in [5.41, 5.74) is 5.75. The summed E-state index contributed by atoms with van der Waals surface area (Å²) >= 11 is 0. The Balaban J connectivity index is 0. The molecular formula is C19H35NTi+. The van der Waals surface area contributed by atoms with Crippen LogP contribution in [-0.2, 0) is 21.7 Å². The first kappa shape index (κ1) is 23.3. The average molecular weight is 325 g/mol. The van der Waals surface area contributed by atoms with Gasteiger partial charge in [-0.1, -0.05) is 54.4 Å². The van der Waals surface area contributed by atoms with E-state index in [9.17, 15) is 0 Å². The summed E-state index contributed by atoms with van der Waals surface area (Å²) < 4.78 is 0. The second-order valence-corrected chi connectivity index (χ2v) is 5.81. The molecule has 0 heterocycles. The van der Waals surface area contributed by atoms with Gasteiger partial charge in [-0.15, -0.1) is 6.54 Å². The molecule has 0 aromatic heterocycles. The van der Waals surface area contributed by atoms with Crippen LogP contribution < -0.4 is 0 Å². The van der Waals surface area contributed by atoms with E-state index in [1.165, 1.54) is 61.0 Å². The van der Waals surface area contributed by atoms with Crippen molar-refractivity contribution in [2.24, 2.45) is 0 Å². The molecule has 0 saturated heterocycles. The molecule has 0 atom stereocenters. The summed E-state index contributed by atoms with van der Waals surface area (Å²) in [4.78, 5) is 2.44. The number of unbranched alkanes of at least 4 members (excludes halogenated alkanes) is 2. The fourth-order valence-corrected chi connectivity index (χ4v) is 2.23. The molecule has 0 spiro atoms. The fraction of sp³-hybridized carbons (Fsp3) is 0.684. The van der Waals surface area contributed by atoms with Gasteiger partial charge >= 0.3 is 21.7 Å². The molecule has 0 aliphatic heterocycles. The molecule has 0 N–H and O–H groups in total. The first-order chi connectivity index (χ1) is 9.47. The van der Waals surface area contributed by atoms with Gasteiger partial charge in [0.2, 0.25) is 0 Å². The smallest absolute Gasteiger partial charge is 0.333 e. The first-order valence-corrected chi connectivity index (χ1v) is 8.19. The zero-order valence-electron chi connectivity index (χ0n) is 15.2. The number of nitrogens with zero attached hydrogens (tertiary/aromatic N) is 1. The Labute approximate surface area is 148 Å². The Morgan fingerprint density at radius 1 is 0.857 bits per heavy atom. The SMILES string of the molecule is Cc1[cH-]c(C)c(C)c1C.[CH2-]CN(CCCC)CCCC.[Ti+3]. The predicted octanol–water partition coefficient (Wildman–Crippen LogP) is 5.36. The summed E-state index contributed by atoms with van der Waals surface area (Å²) in [7, 11) is 0. The Bertz CT molecular complexity index is 324. The van der Waals surface area contributed by atoms with E-state index in [4.69, 9.17) is 0 Å². The van der Waals surface area contributed by atoms with Gasteiger partial charge in [-0.25, -0.2) is 0 Å². The van der Waals surface area contributed by atoms with Crippen LogP contribution in [0.3, 0.4) is 0 Å². The zero-order chi connectivity index (χ0) is 15.5. The third kappa shape index (κ3) is 9.61. The molecule has 2 heteroatoms. The van der Waals surface area contributed by atoms with E-state index in [1.807, 2.05) is 0 Å². The van der Waals surface area contributed by atoms with E-state index < -0.39 is 0 Å². The van der Waals surface area contributed by atoms with Crippen molar-refractivity contribution in [2.45, 2.75) is 67.2 Å². The van der Waals surface area contributed by atoms with Crippen molar-refractivity contribution in [3.05, 3.63) is 35.2 Å². The number of rotatable bonds is 7. The number of aryl methyl sites for hydroxylation is 2. The van der Waals surface area contributed by atoms with E-state index in [1.54, 1.807) is 0 Å². The summed E-state index contributed by atoms with van der Waals surface area (Å²) in [6.07, 6.45) is 5.23. The van der Waals surface area contributed by atoms with Crippen molar-refractivity contribution < 1.29 is 21.7 Å². The number of hydrogen-bond donors (Lipinski definition) is 0. The summed E-state index contributed by atoms with van der Waals surface area (Å²) in [6.45, 7) is 20.5. The molecule has 0 aliphatic carbocycles. The van der Waals surface area contributed by atoms with Crippen LogP contribution in [0.5, 0.6) is 0 Å². The Hall–Kier alpha value is 0.0243.